The predicted octanol–water partition coefficient (Wildman–Crippen LogP) is 9.21. The second-order valence-electron chi connectivity index (χ2n) is 10.3. The number of benzene rings is 3. The molecule has 0 N–H and O–H groups in total. The van der Waals surface area contributed by atoms with Crippen LogP contribution in [0.25, 0.3) is 0 Å². The Hall–Kier alpha value is -2.00. The summed E-state index contributed by atoms with van der Waals surface area (Å²) in [6, 6.07) is 17.0. The topological polar surface area (TPSA) is 9.18 Å². The quantitative estimate of drug-likeness (QED) is 0.156. The molecule has 6 heteroatoms. The number of halogens is 2. The molecule has 0 bridgehead atoms. The van der Waals surface area contributed by atoms with Crippen molar-refractivity contribution in [3.8, 4) is 5.75 Å². The molecule has 0 aromatic heterocycles. The first-order chi connectivity index (χ1) is 17.9. The number of para-hydroxylation sites is 1. The minimum atomic E-state index is -1.79. The molecule has 0 saturated carbocycles. The molecule has 0 unspecified atom stereocenters. The molecule has 1 saturated heterocycles. The van der Waals surface area contributed by atoms with Crippen LogP contribution in [-0.2, 0) is 17.9 Å². The van der Waals surface area contributed by atoms with E-state index in [4.69, 9.17) is 19.4 Å². The van der Waals surface area contributed by atoms with Gasteiger partial charge in [0, 0.05) is 0 Å². The summed E-state index contributed by atoms with van der Waals surface area (Å²) in [6.07, 6.45) is 0.269. The van der Waals surface area contributed by atoms with E-state index in [1.165, 1.54) is 44.8 Å². The SMILES string of the molecule is Cc1cc(C)c(N2[CH+]N(c3c(C)cc(C)cc3C)CC2)c(C)c1.[CH2-][O+](c1ccccc1[CH]=[Ru]([Cl])[Cl])C(C)C. The van der Waals surface area contributed by atoms with E-state index in [-0.39, 0.29) is 6.10 Å². The molecule has 1 fully saturated rings. The molecular formula is C32H41Cl2N2ORu+. The Kier molecular flexibility index (Phi) is 10.8. The fraction of sp³-hybridized carbons (Fsp3) is 0.344. The van der Waals surface area contributed by atoms with Crippen LogP contribution in [0.2, 0.25) is 0 Å². The fourth-order valence-corrected chi connectivity index (χ4v) is 7.04. The third kappa shape index (κ3) is 7.56. The number of nitrogens with zero attached hydrogens (tertiary/aromatic N) is 2. The molecule has 0 radical (unpaired) electrons. The molecule has 1 heterocycles. The molecule has 1 aliphatic rings. The zero-order chi connectivity index (χ0) is 28.1. The van der Waals surface area contributed by atoms with Gasteiger partial charge in [0.15, 0.2) is 0 Å². The van der Waals surface area contributed by atoms with Crippen molar-refractivity contribution in [1.82, 2.24) is 0 Å². The Morgan fingerprint density at radius 1 is 0.816 bits per heavy atom. The molecule has 3 nitrogen and oxygen atoms in total. The van der Waals surface area contributed by atoms with Crippen molar-refractivity contribution in [3.05, 3.63) is 101 Å². The van der Waals surface area contributed by atoms with Crippen LogP contribution in [0.5, 0.6) is 5.75 Å². The Morgan fingerprint density at radius 2 is 1.24 bits per heavy atom. The first-order valence-electron chi connectivity index (χ1n) is 12.9. The average Bonchev–Trinajstić information content (AvgIpc) is 3.26. The molecule has 0 spiro atoms. The molecular weight excluding hydrogens is 600 g/mol. The first kappa shape index (κ1) is 30.5. The van der Waals surface area contributed by atoms with E-state index in [1.54, 1.807) is 0 Å². The zero-order valence-corrected chi connectivity index (χ0v) is 27.1. The van der Waals surface area contributed by atoms with Gasteiger partial charge in [-0.1, -0.05) is 35.4 Å². The molecule has 0 atom stereocenters. The van der Waals surface area contributed by atoms with Gasteiger partial charge < -0.3 is 0 Å². The number of anilines is 2. The van der Waals surface area contributed by atoms with Gasteiger partial charge >= 0.3 is 105 Å². The third-order valence-corrected chi connectivity index (χ3v) is 8.50. The Balaban J connectivity index is 0.000000232. The number of hydrogen-bond donors (Lipinski definition) is 0. The van der Waals surface area contributed by atoms with Crippen LogP contribution in [0.15, 0.2) is 48.5 Å². The van der Waals surface area contributed by atoms with Crippen molar-refractivity contribution in [2.45, 2.75) is 61.5 Å². The van der Waals surface area contributed by atoms with Crippen LogP contribution in [0, 0.1) is 55.3 Å². The summed E-state index contributed by atoms with van der Waals surface area (Å²) in [5, 5.41) is 0. The van der Waals surface area contributed by atoms with Crippen LogP contribution in [0.1, 0.15) is 52.8 Å². The maximum absolute atomic E-state index is 5.87. The zero-order valence-electron chi connectivity index (χ0n) is 23.9. The van der Waals surface area contributed by atoms with E-state index in [0.717, 1.165) is 24.4 Å². The second kappa shape index (κ2) is 13.4. The summed E-state index contributed by atoms with van der Waals surface area (Å²) >= 11 is -1.79. The van der Waals surface area contributed by atoms with Gasteiger partial charge in [-0.05, 0) is 63.8 Å². The van der Waals surface area contributed by atoms with E-state index >= 15 is 0 Å². The van der Waals surface area contributed by atoms with E-state index in [1.807, 2.05) is 28.9 Å². The Bertz CT molecular complexity index is 1190. The molecule has 206 valence electrons. The van der Waals surface area contributed by atoms with Crippen LogP contribution >= 0.6 is 19.4 Å². The van der Waals surface area contributed by atoms with Crippen molar-refractivity contribution in [2.24, 2.45) is 0 Å². The van der Waals surface area contributed by atoms with Gasteiger partial charge in [0.1, 0.15) is 0 Å². The summed E-state index contributed by atoms with van der Waals surface area (Å²) < 4.78 is 4.74. The summed E-state index contributed by atoms with van der Waals surface area (Å²) in [4.78, 5) is 4.81. The molecule has 4 rings (SSSR count). The van der Waals surface area contributed by atoms with Gasteiger partial charge in [-0.15, -0.1) is 0 Å². The van der Waals surface area contributed by atoms with E-state index in [0.29, 0.717) is 0 Å². The summed E-state index contributed by atoms with van der Waals surface area (Å²) in [7, 11) is 15.7. The number of rotatable bonds is 5. The van der Waals surface area contributed by atoms with Crippen LogP contribution in [0.3, 0.4) is 0 Å². The monoisotopic (exact) mass is 641 g/mol. The third-order valence-electron chi connectivity index (χ3n) is 6.66. The molecule has 3 aromatic carbocycles. The van der Waals surface area contributed by atoms with Gasteiger partial charge in [0.25, 0.3) is 6.67 Å². The van der Waals surface area contributed by atoms with Crippen LogP contribution in [0.4, 0.5) is 11.4 Å². The van der Waals surface area contributed by atoms with Gasteiger partial charge in [0.2, 0.25) is 0 Å². The van der Waals surface area contributed by atoms with Crippen molar-refractivity contribution in [2.75, 3.05) is 22.9 Å². The molecule has 0 aliphatic carbocycles. The van der Waals surface area contributed by atoms with E-state index < -0.39 is 13.5 Å². The molecule has 38 heavy (non-hydrogen) atoms. The van der Waals surface area contributed by atoms with Crippen LogP contribution in [-0.4, -0.2) is 23.8 Å². The Morgan fingerprint density at radius 3 is 1.63 bits per heavy atom. The first-order valence-corrected chi connectivity index (χ1v) is 18.4. The van der Waals surface area contributed by atoms with Gasteiger partial charge in [0.05, 0.1) is 24.5 Å². The number of aryl methyl sites for hydroxylation is 6. The maximum atomic E-state index is 5.87. The predicted molar refractivity (Wildman–Crippen MR) is 165 cm³/mol. The van der Waals surface area contributed by atoms with Gasteiger partial charge in [-0.2, -0.15) is 9.80 Å². The van der Waals surface area contributed by atoms with Gasteiger partial charge in [-0.3, -0.25) is 0 Å². The standard InChI is InChI=1S/C21H27N2.C11H14O.2ClH.Ru/c1-14-9-16(3)20(17(4)10-14)22-7-8-23(13-22)21-18(5)11-15(2)12-19(21)6;1-9(2)12(4)11-8-6-5-7-10(11)3;;;/h9-13H,7-8H2,1-6H3;3,5-9H,4H2,1-2H3;2*1H;/q+1;;;;+2/p-2. The summed E-state index contributed by atoms with van der Waals surface area (Å²) in [6.45, 7) is 21.7. The van der Waals surface area contributed by atoms with Crippen molar-refractivity contribution in [1.29, 1.82) is 0 Å². The van der Waals surface area contributed by atoms with Crippen molar-refractivity contribution < 1.29 is 17.9 Å². The minimum absolute atomic E-state index is 0.269. The van der Waals surface area contributed by atoms with Crippen LogP contribution < -0.4 is 9.80 Å². The second-order valence-corrected chi connectivity index (χ2v) is 16.0. The van der Waals surface area contributed by atoms with Crippen molar-refractivity contribution in [3.63, 3.8) is 0 Å². The molecule has 3 aromatic rings. The van der Waals surface area contributed by atoms with E-state index in [9.17, 15) is 0 Å². The Labute approximate surface area is 243 Å². The summed E-state index contributed by atoms with van der Waals surface area (Å²) in [5.74, 6) is 0.993. The number of hydrogen-bond acceptors (Lipinski definition) is 2. The van der Waals surface area contributed by atoms with Gasteiger partial charge in [-0.25, -0.2) is 0 Å². The normalized spacial score (nSPS) is 13.2. The molecule has 1 aliphatic heterocycles. The van der Waals surface area contributed by atoms with Crippen molar-refractivity contribution >= 4 is 35.4 Å². The average molecular weight is 642 g/mol. The fourth-order valence-electron chi connectivity index (χ4n) is 5.23. The molecule has 0 amide bonds. The van der Waals surface area contributed by atoms with E-state index in [2.05, 4.69) is 108 Å². The summed E-state index contributed by atoms with van der Waals surface area (Å²) in [5.41, 5.74) is 11.9.